The second-order valence-corrected chi connectivity index (χ2v) is 4.80. The van der Waals surface area contributed by atoms with Crippen molar-refractivity contribution in [2.24, 2.45) is 0 Å². The van der Waals surface area contributed by atoms with E-state index in [0.29, 0.717) is 4.57 Å². The van der Waals surface area contributed by atoms with Crippen LogP contribution in [0.1, 0.15) is 6.23 Å². The van der Waals surface area contributed by atoms with Crippen LogP contribution in [-0.2, 0) is 7.80 Å². The van der Waals surface area contributed by atoms with Crippen LogP contribution >= 0.6 is 23.0 Å². The van der Waals surface area contributed by atoms with E-state index in [9.17, 15) is 18.7 Å². The molecule has 20 heavy (non-hydrogen) atoms. The minimum atomic E-state index is -3.62. The first-order chi connectivity index (χ1) is 9.41. The Balaban J connectivity index is 2.35. The van der Waals surface area contributed by atoms with Gasteiger partial charge in [0, 0.05) is 13.2 Å². The Bertz CT molecular complexity index is 541. The molecule has 0 aromatic carbocycles. The van der Waals surface area contributed by atoms with E-state index in [1.54, 1.807) is 7.05 Å². The fourth-order valence-corrected chi connectivity index (χ4v) is 2.25. The van der Waals surface area contributed by atoms with Crippen molar-refractivity contribution in [2.45, 2.75) is 24.4 Å². The fourth-order valence-electron chi connectivity index (χ4n) is 1.90. The maximum Gasteiger partial charge on any atom is 0.351 e. The minimum Gasteiger partial charge on any atom is -0.384 e. The van der Waals surface area contributed by atoms with Crippen LogP contribution < -0.4 is 11.0 Å². The summed E-state index contributed by atoms with van der Waals surface area (Å²) in [6.45, 7) is -0.218. The first kappa shape index (κ1) is 15.5. The van der Waals surface area contributed by atoms with Crippen LogP contribution in [0.25, 0.3) is 0 Å². The predicted octanol–water partition coefficient (Wildman–Crippen LogP) is 0.545. The van der Waals surface area contributed by atoms with E-state index in [1.807, 2.05) is 0 Å². The summed E-state index contributed by atoms with van der Waals surface area (Å²) in [7, 11) is 1.55. The number of rotatable bonds is 4. The third-order valence-electron chi connectivity index (χ3n) is 2.95. The zero-order valence-corrected chi connectivity index (χ0v) is 12.5. The average molecular weight is 403 g/mol. The van der Waals surface area contributed by atoms with Gasteiger partial charge in [-0.05, 0) is 6.07 Å². The second kappa shape index (κ2) is 5.87. The maximum atomic E-state index is 14.0. The molecule has 0 spiro atoms. The lowest BCUT2D eigenvalue weighted by atomic mass is 10.1. The number of aromatic nitrogens is 2. The maximum absolute atomic E-state index is 14.0. The molecule has 0 bridgehead atoms. The highest BCUT2D eigenvalue weighted by Crippen LogP contribution is 2.42. The molecule has 10 heteroatoms. The summed E-state index contributed by atoms with van der Waals surface area (Å²) in [4.78, 5) is 15.3. The third-order valence-corrected chi connectivity index (χ3v) is 3.31. The van der Waals surface area contributed by atoms with E-state index in [1.165, 1.54) is 29.1 Å². The average Bonchev–Trinajstić information content (AvgIpc) is 2.63. The molecule has 1 aromatic heterocycles. The summed E-state index contributed by atoms with van der Waals surface area (Å²) in [5, 5.41) is 12.2. The number of anilines is 1. The largest absolute Gasteiger partial charge is 0.384 e. The SMILES string of the molecule is CNc1ccn([C@@H]2O[C@H](COI)[C@H](O)C2(F)F)c(=O)n1. The number of nitrogens with one attached hydrogen (secondary N) is 1. The first-order valence-corrected chi connectivity index (χ1v) is 6.51. The number of alkyl halides is 2. The fraction of sp³-hybridized carbons (Fsp3) is 0.600. The highest BCUT2D eigenvalue weighted by atomic mass is 127. The van der Waals surface area contributed by atoms with Crippen molar-refractivity contribution < 1.29 is 21.7 Å². The number of hydrogen-bond acceptors (Lipinski definition) is 6. The van der Waals surface area contributed by atoms with Crippen molar-refractivity contribution in [3.8, 4) is 0 Å². The molecule has 3 atom stereocenters. The van der Waals surface area contributed by atoms with Gasteiger partial charge < -0.3 is 18.2 Å². The van der Waals surface area contributed by atoms with Crippen molar-refractivity contribution in [1.29, 1.82) is 0 Å². The zero-order chi connectivity index (χ0) is 14.9. The van der Waals surface area contributed by atoms with Crippen LogP contribution in [0, 0.1) is 0 Å². The summed E-state index contributed by atoms with van der Waals surface area (Å²) in [6.07, 6.45) is -4.05. The molecule has 1 aliphatic heterocycles. The smallest absolute Gasteiger partial charge is 0.351 e. The van der Waals surface area contributed by atoms with Crippen molar-refractivity contribution in [2.75, 3.05) is 19.0 Å². The predicted molar refractivity (Wildman–Crippen MR) is 72.9 cm³/mol. The van der Waals surface area contributed by atoms with Gasteiger partial charge in [-0.1, -0.05) is 0 Å². The molecule has 7 nitrogen and oxygen atoms in total. The van der Waals surface area contributed by atoms with Crippen LogP contribution in [0.3, 0.4) is 0 Å². The quantitative estimate of drug-likeness (QED) is 0.715. The Labute approximate surface area is 126 Å². The number of ether oxygens (including phenoxy) is 1. The van der Waals surface area contributed by atoms with Gasteiger partial charge in [-0.2, -0.15) is 13.8 Å². The second-order valence-electron chi connectivity index (χ2n) is 4.17. The number of aliphatic hydroxyl groups excluding tert-OH is 1. The molecule has 1 saturated heterocycles. The van der Waals surface area contributed by atoms with Gasteiger partial charge in [0.05, 0.1) is 6.61 Å². The van der Waals surface area contributed by atoms with E-state index in [0.717, 1.165) is 6.20 Å². The van der Waals surface area contributed by atoms with Gasteiger partial charge in [-0.15, -0.1) is 0 Å². The zero-order valence-electron chi connectivity index (χ0n) is 10.3. The Morgan fingerprint density at radius 2 is 2.40 bits per heavy atom. The molecule has 2 heterocycles. The molecule has 1 aromatic rings. The molecule has 0 aliphatic carbocycles. The Kier molecular flexibility index (Phi) is 4.56. The van der Waals surface area contributed by atoms with E-state index >= 15 is 0 Å². The summed E-state index contributed by atoms with van der Waals surface area (Å²) >= 11 is 1.51. The van der Waals surface area contributed by atoms with Crippen molar-refractivity contribution >= 4 is 28.8 Å². The monoisotopic (exact) mass is 403 g/mol. The first-order valence-electron chi connectivity index (χ1n) is 5.63. The molecule has 0 unspecified atom stereocenters. The van der Waals surface area contributed by atoms with E-state index in [-0.39, 0.29) is 12.4 Å². The van der Waals surface area contributed by atoms with E-state index in [4.69, 9.17) is 4.74 Å². The number of halogens is 3. The van der Waals surface area contributed by atoms with Gasteiger partial charge in [0.15, 0.2) is 6.10 Å². The van der Waals surface area contributed by atoms with E-state index < -0.39 is 30.0 Å². The van der Waals surface area contributed by atoms with Crippen molar-refractivity contribution in [1.82, 2.24) is 9.55 Å². The molecule has 2 N–H and O–H groups in total. The highest BCUT2D eigenvalue weighted by Gasteiger charge is 2.59. The summed E-state index contributed by atoms with van der Waals surface area (Å²) in [6, 6.07) is 1.36. The van der Waals surface area contributed by atoms with Crippen LogP contribution in [0.5, 0.6) is 0 Å². The van der Waals surface area contributed by atoms with Gasteiger partial charge in [-0.3, -0.25) is 4.57 Å². The van der Waals surface area contributed by atoms with Gasteiger partial charge in [-0.25, -0.2) is 4.79 Å². The number of aliphatic hydroxyl groups is 1. The molecule has 0 amide bonds. The minimum absolute atomic E-state index is 0.218. The Morgan fingerprint density at radius 3 is 2.95 bits per heavy atom. The molecule has 112 valence electrons. The summed E-state index contributed by atoms with van der Waals surface area (Å²) in [5.74, 6) is -3.37. The molecule has 1 aliphatic rings. The lowest BCUT2D eigenvalue weighted by molar-refractivity contribution is -0.140. The summed E-state index contributed by atoms with van der Waals surface area (Å²) in [5.41, 5.74) is -0.898. The highest BCUT2D eigenvalue weighted by molar-refractivity contribution is 14.1. The van der Waals surface area contributed by atoms with Gasteiger partial charge in [0.2, 0.25) is 6.23 Å². The molecule has 0 saturated carbocycles. The van der Waals surface area contributed by atoms with Gasteiger partial charge in [0.1, 0.15) is 34.9 Å². The van der Waals surface area contributed by atoms with Crippen LogP contribution in [0.4, 0.5) is 14.6 Å². The van der Waals surface area contributed by atoms with Gasteiger partial charge >= 0.3 is 11.6 Å². The Morgan fingerprint density at radius 1 is 1.70 bits per heavy atom. The Hall–Kier alpha value is -0.850. The number of hydrogen-bond donors (Lipinski definition) is 2. The lowest BCUT2D eigenvalue weighted by Crippen LogP contribution is -2.41. The standard InChI is InChI=1S/C10H12F2IN3O4/c1-14-6-2-3-16(9(18)15-6)8-10(11,12)7(17)5(20-8)4-19-13/h2-3,5,7-8,17H,4H2,1H3,(H,14,15,18)/t5-,7+,8-/m1/s1. The van der Waals surface area contributed by atoms with E-state index in [2.05, 4.69) is 13.4 Å². The van der Waals surface area contributed by atoms with Crippen LogP contribution in [0.2, 0.25) is 0 Å². The molecule has 0 radical (unpaired) electrons. The molecule has 2 rings (SSSR count). The van der Waals surface area contributed by atoms with Crippen LogP contribution in [0.15, 0.2) is 17.1 Å². The van der Waals surface area contributed by atoms with Crippen LogP contribution in [-0.4, -0.2) is 46.4 Å². The lowest BCUT2D eigenvalue weighted by Gasteiger charge is -2.21. The summed E-state index contributed by atoms with van der Waals surface area (Å²) < 4.78 is 38.3. The van der Waals surface area contributed by atoms with Crippen molar-refractivity contribution in [3.05, 3.63) is 22.7 Å². The van der Waals surface area contributed by atoms with Gasteiger partial charge in [0.25, 0.3) is 0 Å². The molecular weight excluding hydrogens is 391 g/mol. The normalized spacial score (nSPS) is 28.6. The number of nitrogens with zero attached hydrogens (tertiary/aromatic N) is 2. The van der Waals surface area contributed by atoms with Crippen molar-refractivity contribution in [3.63, 3.8) is 0 Å². The molecule has 1 fully saturated rings. The topological polar surface area (TPSA) is 85.6 Å². The molecular formula is C10H12F2IN3O4. The third kappa shape index (κ3) is 2.64.